The van der Waals surface area contributed by atoms with Crippen LogP contribution in [0.2, 0.25) is 17.3 Å². The van der Waals surface area contributed by atoms with Crippen molar-refractivity contribution in [3.8, 4) is 50.6 Å². The quantitative estimate of drug-likeness (QED) is 0.101. The predicted octanol–water partition coefficient (Wildman–Crippen LogP) is 16.3. The Bertz CT molecular complexity index is 3280. The van der Waals surface area contributed by atoms with E-state index in [0.717, 1.165) is 56.6 Å². The van der Waals surface area contributed by atoms with Crippen molar-refractivity contribution >= 4 is 50.4 Å². The van der Waals surface area contributed by atoms with E-state index < -0.39 is 13.3 Å². The number of aromatic nitrogens is 3. The number of hydrogen-bond donors (Lipinski definition) is 0. The molecule has 0 fully saturated rings. The van der Waals surface area contributed by atoms with Crippen LogP contribution in [0, 0.1) is 18.2 Å². The largest absolute Gasteiger partial charge is 0.557 e. The Hall–Kier alpha value is -5.85. The minimum atomic E-state index is -1.86. The summed E-state index contributed by atoms with van der Waals surface area (Å²) in [6.45, 7) is 13.7. The van der Waals surface area contributed by atoms with Gasteiger partial charge in [-0.1, -0.05) is 136 Å². The Kier molecular flexibility index (Phi) is 14.3. The third kappa shape index (κ3) is 10.1. The van der Waals surface area contributed by atoms with Gasteiger partial charge in [0.25, 0.3) is 0 Å². The number of para-hydroxylation sites is 2. The smallest absolute Gasteiger partial charge is 0.0774 e. The summed E-state index contributed by atoms with van der Waals surface area (Å²) in [7, 11) is 0. The molecule has 0 unspecified atom stereocenters. The summed E-state index contributed by atoms with van der Waals surface area (Å²) in [4.78, 5) is 9.98. The molecule has 10 aromatic rings. The van der Waals surface area contributed by atoms with E-state index in [1.54, 1.807) is 4.40 Å². The van der Waals surface area contributed by atoms with Gasteiger partial charge < -0.3 is 8.98 Å². The van der Waals surface area contributed by atoms with E-state index in [-0.39, 0.29) is 31.9 Å². The standard InChI is InChI=1S/C43H35N2O.C18H24GeN.Ir/c1-27(2)35-24-34(29-12-6-5-7-13-29)25-36(28(3)4)42(35)45-40-17-11-10-16-39(40)44-43(45)38-26-46-41-21-20-33(23-37(38)41)32-19-18-30-14-8-9-15-31(30)22-32;1-14(2)11-16-12-18(15-9-7-6-8-10-15)20-13-17(16)19(3,4)5;/h5-25,27-28H,1-4H3;6-9,12-14H,11H2,1-5H3;/q2*-1;. The normalized spacial score (nSPS) is 11.7. The van der Waals surface area contributed by atoms with Crippen LogP contribution in [0.5, 0.6) is 0 Å². The SMILES string of the molecule is CC(C)Cc1cc(-c2[c-]cccc2)nc[c]1[Ge]([CH3])([CH3])[CH3].CC(C)c1cc(-c2ccccc2)cc(C(C)C)c1-n1c(-c2[c-]oc3ccc(-c4ccc5ccccc5c4)cc23)nc2ccccc21.[Ir]. The zero-order chi connectivity index (χ0) is 46.1. The minimum Gasteiger partial charge on any atom is -0.557 e. The second-order valence-corrected chi connectivity index (χ2v) is 30.2. The molecule has 0 N–H and O–H groups in total. The van der Waals surface area contributed by atoms with E-state index in [0.29, 0.717) is 5.92 Å². The fourth-order valence-corrected chi connectivity index (χ4v) is 12.5. The van der Waals surface area contributed by atoms with Crippen LogP contribution in [0.25, 0.3) is 83.4 Å². The van der Waals surface area contributed by atoms with Crippen LogP contribution in [0.15, 0.2) is 168 Å². The summed E-state index contributed by atoms with van der Waals surface area (Å²) >= 11 is -1.86. The second-order valence-electron chi connectivity index (χ2n) is 19.6. The molecule has 339 valence electrons. The summed E-state index contributed by atoms with van der Waals surface area (Å²) in [6.07, 6.45) is 6.56. The van der Waals surface area contributed by atoms with Gasteiger partial charge in [0.05, 0.1) is 16.9 Å². The number of fused-ring (bicyclic) bond motifs is 3. The number of hydrogen-bond acceptors (Lipinski definition) is 3. The van der Waals surface area contributed by atoms with Gasteiger partial charge in [0.2, 0.25) is 0 Å². The zero-order valence-electron chi connectivity index (χ0n) is 40.1. The van der Waals surface area contributed by atoms with Crippen molar-refractivity contribution in [2.75, 3.05) is 0 Å². The number of nitrogens with zero attached hydrogens (tertiary/aromatic N) is 3. The Labute approximate surface area is 413 Å². The molecule has 0 atom stereocenters. The Balaban J connectivity index is 0.000000244. The van der Waals surface area contributed by atoms with Gasteiger partial charge in [0.15, 0.2) is 0 Å². The van der Waals surface area contributed by atoms with Crippen molar-refractivity contribution in [3.05, 3.63) is 193 Å². The Morgan fingerprint density at radius 1 is 0.627 bits per heavy atom. The van der Waals surface area contributed by atoms with Gasteiger partial charge in [-0.25, -0.2) is 0 Å². The van der Waals surface area contributed by atoms with Crippen molar-refractivity contribution in [2.24, 2.45) is 5.92 Å². The van der Waals surface area contributed by atoms with Crippen molar-refractivity contribution in [3.63, 3.8) is 0 Å². The summed E-state index contributed by atoms with van der Waals surface area (Å²) in [5, 5.41) is 3.46. The molecule has 7 aromatic carbocycles. The maximum atomic E-state index is 6.11. The molecule has 4 nitrogen and oxygen atoms in total. The average Bonchev–Trinajstić information content (AvgIpc) is 3.92. The average molecular weight is 1110 g/mol. The summed E-state index contributed by atoms with van der Waals surface area (Å²) in [5.74, 6) is 9.41. The van der Waals surface area contributed by atoms with Crippen LogP contribution in [0.3, 0.4) is 0 Å². The zero-order valence-corrected chi connectivity index (χ0v) is 44.6. The van der Waals surface area contributed by atoms with Gasteiger partial charge >= 0.3 is 126 Å². The van der Waals surface area contributed by atoms with E-state index in [1.165, 1.54) is 49.8 Å². The summed E-state index contributed by atoms with van der Waals surface area (Å²) in [5.41, 5.74) is 15.9. The van der Waals surface area contributed by atoms with E-state index in [2.05, 4.69) is 221 Å². The van der Waals surface area contributed by atoms with E-state index >= 15 is 0 Å². The molecular weight excluding hydrogens is 1060 g/mol. The van der Waals surface area contributed by atoms with E-state index in [4.69, 9.17) is 14.4 Å². The fourth-order valence-electron chi connectivity index (χ4n) is 9.21. The molecule has 1 radical (unpaired) electrons. The topological polar surface area (TPSA) is 43.9 Å². The van der Waals surface area contributed by atoms with Gasteiger partial charge in [0.1, 0.15) is 0 Å². The van der Waals surface area contributed by atoms with Gasteiger partial charge in [-0.05, 0) is 86.3 Å². The van der Waals surface area contributed by atoms with Crippen LogP contribution in [-0.2, 0) is 26.5 Å². The van der Waals surface area contributed by atoms with E-state index in [9.17, 15) is 0 Å². The number of imidazole rings is 1. The van der Waals surface area contributed by atoms with Gasteiger partial charge in [-0.3, -0.25) is 4.98 Å². The molecule has 0 saturated heterocycles. The maximum absolute atomic E-state index is 6.11. The molecule has 0 spiro atoms. The second kappa shape index (κ2) is 20.2. The van der Waals surface area contributed by atoms with Crippen molar-refractivity contribution in [1.29, 1.82) is 0 Å². The summed E-state index contributed by atoms with van der Waals surface area (Å²) in [6, 6.07) is 59.1. The van der Waals surface area contributed by atoms with E-state index in [1.807, 2.05) is 18.2 Å². The van der Waals surface area contributed by atoms with Gasteiger partial charge in [0, 0.05) is 37.6 Å². The van der Waals surface area contributed by atoms with Crippen molar-refractivity contribution in [2.45, 2.75) is 77.1 Å². The number of furan rings is 1. The first-order valence-electron chi connectivity index (χ1n) is 23.5. The first-order chi connectivity index (χ1) is 31.8. The fraction of sp³-hybridized carbons (Fsp3) is 0.213. The minimum absolute atomic E-state index is 0. The van der Waals surface area contributed by atoms with Crippen LogP contribution < -0.4 is 4.40 Å². The first-order valence-corrected chi connectivity index (χ1v) is 30.8. The number of rotatable bonds is 10. The number of pyridine rings is 1. The van der Waals surface area contributed by atoms with Gasteiger partial charge in [-0.15, -0.1) is 0 Å². The molecule has 6 heteroatoms. The molecule has 0 saturated carbocycles. The van der Waals surface area contributed by atoms with Crippen LogP contribution in [0.1, 0.15) is 70.1 Å². The molecule has 10 rings (SSSR count). The van der Waals surface area contributed by atoms with Crippen LogP contribution >= 0.6 is 0 Å². The molecule has 0 bridgehead atoms. The predicted molar refractivity (Wildman–Crippen MR) is 282 cm³/mol. The summed E-state index contributed by atoms with van der Waals surface area (Å²) < 4.78 is 10.0. The Morgan fingerprint density at radius 3 is 1.97 bits per heavy atom. The molecule has 0 aliphatic carbocycles. The molecular formula is C61H59GeIrN3O-2. The molecule has 0 aliphatic rings. The molecule has 67 heavy (non-hydrogen) atoms. The third-order valence-corrected chi connectivity index (χ3v) is 16.9. The third-order valence-electron chi connectivity index (χ3n) is 12.5. The monoisotopic (exact) mass is 1120 g/mol. The van der Waals surface area contributed by atoms with Crippen molar-refractivity contribution < 1.29 is 24.5 Å². The number of benzene rings is 7. The maximum Gasteiger partial charge on any atom is 0.0774 e. The van der Waals surface area contributed by atoms with Crippen molar-refractivity contribution in [1.82, 2.24) is 14.5 Å². The van der Waals surface area contributed by atoms with Gasteiger partial charge in [-0.2, -0.15) is 0 Å². The van der Waals surface area contributed by atoms with Crippen LogP contribution in [-0.4, -0.2) is 27.8 Å². The molecule has 0 aliphatic heterocycles. The molecule has 3 aromatic heterocycles. The molecule has 3 heterocycles. The Morgan fingerprint density at radius 2 is 1.28 bits per heavy atom. The van der Waals surface area contributed by atoms with Crippen LogP contribution in [0.4, 0.5) is 0 Å². The molecule has 0 amide bonds. The first kappa shape index (κ1) is 47.6.